The number of hydrogen-bond acceptors (Lipinski definition) is 7. The Morgan fingerprint density at radius 1 is 1.26 bits per heavy atom. The number of benzene rings is 1. The number of aromatic nitrogens is 4. The molecule has 3 aliphatic heterocycles. The van der Waals surface area contributed by atoms with Crippen LogP contribution in [0.4, 0.5) is 23.1 Å². The highest BCUT2D eigenvalue weighted by Crippen LogP contribution is 2.40. The molecule has 2 N–H and O–H groups in total. The number of piperidine rings is 1. The van der Waals surface area contributed by atoms with E-state index >= 15 is 0 Å². The van der Waals surface area contributed by atoms with Crippen molar-refractivity contribution in [2.75, 3.05) is 41.8 Å². The summed E-state index contributed by atoms with van der Waals surface area (Å²) in [6.45, 7) is 7.43. The summed E-state index contributed by atoms with van der Waals surface area (Å²) in [5.41, 5.74) is 3.12. The van der Waals surface area contributed by atoms with Gasteiger partial charge in [0.2, 0.25) is 11.9 Å². The van der Waals surface area contributed by atoms with E-state index in [2.05, 4.69) is 25.6 Å². The van der Waals surface area contributed by atoms with Gasteiger partial charge in [-0.25, -0.2) is 9.50 Å². The van der Waals surface area contributed by atoms with Crippen LogP contribution in [0.1, 0.15) is 32.3 Å². The van der Waals surface area contributed by atoms with Crippen LogP contribution in [0.5, 0.6) is 0 Å². The van der Waals surface area contributed by atoms with Crippen LogP contribution in [0.15, 0.2) is 30.6 Å². The van der Waals surface area contributed by atoms with E-state index < -0.39 is 5.41 Å². The SMILES string of the molecule is CC1(C)C(=O)Nc2cc(Nc3nc4c(N5CCCC6(COC6)C5)nccn4n3)ccc21. The van der Waals surface area contributed by atoms with Gasteiger partial charge in [-0.1, -0.05) is 6.07 Å². The molecule has 31 heavy (non-hydrogen) atoms. The van der Waals surface area contributed by atoms with Gasteiger partial charge in [0.1, 0.15) is 0 Å². The number of hydrogen-bond donors (Lipinski definition) is 2. The molecule has 6 rings (SSSR count). The maximum absolute atomic E-state index is 12.2. The number of ether oxygens (including phenoxy) is 1. The van der Waals surface area contributed by atoms with Crippen molar-refractivity contribution in [3.05, 3.63) is 36.2 Å². The molecule has 0 saturated carbocycles. The molecule has 2 saturated heterocycles. The van der Waals surface area contributed by atoms with Gasteiger partial charge in [-0.2, -0.15) is 4.98 Å². The van der Waals surface area contributed by atoms with Crippen molar-refractivity contribution >= 4 is 34.7 Å². The van der Waals surface area contributed by atoms with E-state index in [4.69, 9.17) is 9.72 Å². The fourth-order valence-electron chi connectivity index (χ4n) is 4.90. The maximum Gasteiger partial charge on any atom is 0.247 e. The van der Waals surface area contributed by atoms with Crippen molar-refractivity contribution in [1.82, 2.24) is 19.6 Å². The lowest BCUT2D eigenvalue weighted by molar-refractivity contribution is -0.119. The third kappa shape index (κ3) is 2.87. The van der Waals surface area contributed by atoms with Gasteiger partial charge in [-0.15, -0.1) is 5.10 Å². The maximum atomic E-state index is 12.2. The van der Waals surface area contributed by atoms with Gasteiger partial charge in [0.15, 0.2) is 11.5 Å². The molecule has 0 aliphatic carbocycles. The molecule has 0 atom stereocenters. The first-order valence-corrected chi connectivity index (χ1v) is 10.7. The van der Waals surface area contributed by atoms with Gasteiger partial charge in [0.25, 0.3) is 0 Å². The fraction of sp³-hybridized carbons (Fsp3) is 0.455. The number of anilines is 4. The van der Waals surface area contributed by atoms with Crippen LogP contribution in [0, 0.1) is 5.41 Å². The van der Waals surface area contributed by atoms with Crippen LogP contribution in [-0.2, 0) is 14.9 Å². The Morgan fingerprint density at radius 2 is 2.13 bits per heavy atom. The van der Waals surface area contributed by atoms with E-state index in [-0.39, 0.29) is 11.3 Å². The van der Waals surface area contributed by atoms with Gasteiger partial charge in [0, 0.05) is 42.3 Å². The molecule has 9 nitrogen and oxygen atoms in total. The molecule has 1 amide bonds. The second kappa shape index (κ2) is 6.40. The molecule has 160 valence electrons. The van der Waals surface area contributed by atoms with E-state index in [1.54, 1.807) is 10.7 Å². The molecule has 3 aliphatic rings. The lowest BCUT2D eigenvalue weighted by atomic mass is 9.78. The standard InChI is InChI=1S/C22H25N7O2/c1-21(2)15-5-4-14(10-16(15)25-19(21)30)24-20-26-18-17(23-7-9-29(18)27-20)28-8-3-6-22(11-28)12-31-13-22/h4-5,7,9-10H,3,6,8,11-13H2,1-2H3,(H,24,27)(H,25,30). The largest absolute Gasteiger partial charge is 0.380 e. The Bertz CT molecular complexity index is 1200. The third-order valence-electron chi connectivity index (χ3n) is 6.78. The molecule has 2 aromatic heterocycles. The lowest BCUT2D eigenvalue weighted by Gasteiger charge is -2.48. The molecule has 9 heteroatoms. The molecular weight excluding hydrogens is 394 g/mol. The number of nitrogens with zero attached hydrogens (tertiary/aromatic N) is 5. The van der Waals surface area contributed by atoms with Gasteiger partial charge in [-0.05, 0) is 44.4 Å². The topological polar surface area (TPSA) is 96.7 Å². The van der Waals surface area contributed by atoms with Crippen molar-refractivity contribution in [3.63, 3.8) is 0 Å². The van der Waals surface area contributed by atoms with E-state index in [1.807, 2.05) is 38.2 Å². The summed E-state index contributed by atoms with van der Waals surface area (Å²) in [7, 11) is 0. The summed E-state index contributed by atoms with van der Waals surface area (Å²) < 4.78 is 7.26. The van der Waals surface area contributed by atoms with E-state index in [0.717, 1.165) is 61.1 Å². The molecule has 3 aromatic rings. The van der Waals surface area contributed by atoms with Gasteiger partial charge >= 0.3 is 0 Å². The van der Waals surface area contributed by atoms with Crippen LogP contribution >= 0.6 is 0 Å². The monoisotopic (exact) mass is 419 g/mol. The Kier molecular flexibility index (Phi) is 3.83. The van der Waals surface area contributed by atoms with Crippen LogP contribution in [0.25, 0.3) is 5.65 Å². The van der Waals surface area contributed by atoms with E-state index in [9.17, 15) is 4.79 Å². The molecule has 5 heterocycles. The molecule has 0 unspecified atom stereocenters. The summed E-state index contributed by atoms with van der Waals surface area (Å²) in [6.07, 6.45) is 5.92. The van der Waals surface area contributed by atoms with Crippen LogP contribution in [0.2, 0.25) is 0 Å². The number of amides is 1. The summed E-state index contributed by atoms with van der Waals surface area (Å²) in [5.74, 6) is 1.37. The predicted molar refractivity (Wildman–Crippen MR) is 117 cm³/mol. The first-order chi connectivity index (χ1) is 14.9. The smallest absolute Gasteiger partial charge is 0.247 e. The van der Waals surface area contributed by atoms with Gasteiger partial charge < -0.3 is 20.3 Å². The molecule has 0 bridgehead atoms. The number of carbonyl (C=O) groups is 1. The number of fused-ring (bicyclic) bond motifs is 2. The zero-order valence-electron chi connectivity index (χ0n) is 17.7. The highest BCUT2D eigenvalue weighted by atomic mass is 16.5. The minimum atomic E-state index is -0.521. The van der Waals surface area contributed by atoms with Crippen molar-refractivity contribution < 1.29 is 9.53 Å². The van der Waals surface area contributed by atoms with Crippen LogP contribution < -0.4 is 15.5 Å². The summed E-state index contributed by atoms with van der Waals surface area (Å²) in [5, 5.41) is 10.8. The zero-order chi connectivity index (χ0) is 21.2. The quantitative estimate of drug-likeness (QED) is 0.674. The number of carbonyl (C=O) groups excluding carboxylic acids is 1. The van der Waals surface area contributed by atoms with Crippen molar-refractivity contribution in [1.29, 1.82) is 0 Å². The number of rotatable bonds is 3. The van der Waals surface area contributed by atoms with E-state index in [0.29, 0.717) is 5.95 Å². The first-order valence-electron chi connectivity index (χ1n) is 10.7. The second-order valence-corrected chi connectivity index (χ2v) is 9.44. The summed E-state index contributed by atoms with van der Waals surface area (Å²) >= 11 is 0. The molecule has 1 spiro atoms. The Labute approximate surface area is 179 Å². The van der Waals surface area contributed by atoms with Crippen molar-refractivity contribution in [2.24, 2.45) is 5.41 Å². The molecule has 2 fully saturated rings. The highest BCUT2D eigenvalue weighted by Gasteiger charge is 2.43. The Morgan fingerprint density at radius 3 is 2.94 bits per heavy atom. The average molecular weight is 419 g/mol. The Balaban J connectivity index is 1.29. The average Bonchev–Trinajstić information content (AvgIpc) is 3.24. The van der Waals surface area contributed by atoms with Gasteiger partial charge in [-0.3, -0.25) is 4.79 Å². The zero-order valence-corrected chi connectivity index (χ0v) is 17.7. The first kappa shape index (κ1) is 18.6. The third-order valence-corrected chi connectivity index (χ3v) is 6.78. The summed E-state index contributed by atoms with van der Waals surface area (Å²) in [6, 6.07) is 5.86. The van der Waals surface area contributed by atoms with Crippen LogP contribution in [-0.4, -0.2) is 51.8 Å². The highest BCUT2D eigenvalue weighted by molar-refractivity contribution is 6.06. The fourth-order valence-corrected chi connectivity index (χ4v) is 4.90. The van der Waals surface area contributed by atoms with Crippen LogP contribution in [0.3, 0.4) is 0 Å². The summed E-state index contributed by atoms with van der Waals surface area (Å²) in [4.78, 5) is 23.9. The minimum absolute atomic E-state index is 0.0115. The minimum Gasteiger partial charge on any atom is -0.380 e. The second-order valence-electron chi connectivity index (χ2n) is 9.44. The number of nitrogens with one attached hydrogen (secondary N) is 2. The normalized spacial score (nSPS) is 21.1. The molecule has 1 aromatic carbocycles. The van der Waals surface area contributed by atoms with Crippen molar-refractivity contribution in [3.8, 4) is 0 Å². The Hall–Kier alpha value is -3.20. The van der Waals surface area contributed by atoms with Gasteiger partial charge in [0.05, 0.1) is 18.6 Å². The van der Waals surface area contributed by atoms with Crippen molar-refractivity contribution in [2.45, 2.75) is 32.1 Å². The predicted octanol–water partition coefficient (Wildman–Crippen LogP) is 2.71. The van der Waals surface area contributed by atoms with E-state index in [1.165, 1.54) is 6.42 Å². The lowest BCUT2D eigenvalue weighted by Crippen LogP contribution is -2.54. The molecular formula is C22H25N7O2. The molecule has 0 radical (unpaired) electrons.